The van der Waals surface area contributed by atoms with E-state index in [2.05, 4.69) is 5.32 Å². The van der Waals surface area contributed by atoms with Gasteiger partial charge in [-0.3, -0.25) is 9.59 Å². The molecule has 2 amide bonds. The lowest BCUT2D eigenvalue weighted by Gasteiger charge is -2.16. The minimum absolute atomic E-state index is 0.226. The van der Waals surface area contributed by atoms with E-state index in [1.165, 1.54) is 11.8 Å². The van der Waals surface area contributed by atoms with Crippen molar-refractivity contribution in [1.29, 1.82) is 0 Å². The first-order valence-electron chi connectivity index (χ1n) is 11.4. The molecule has 6 nitrogen and oxygen atoms in total. The lowest BCUT2D eigenvalue weighted by molar-refractivity contribution is -0.120. The predicted molar refractivity (Wildman–Crippen MR) is 138 cm³/mol. The zero-order valence-corrected chi connectivity index (χ0v) is 20.6. The highest BCUT2D eigenvalue weighted by Gasteiger charge is 2.40. The Labute approximate surface area is 209 Å². The summed E-state index contributed by atoms with van der Waals surface area (Å²) in [6, 6.07) is 21.7. The number of hydrogen-bond acceptors (Lipinski definition) is 6. The van der Waals surface area contributed by atoms with E-state index in [9.17, 15) is 14.4 Å². The Kier molecular flexibility index (Phi) is 7.36. The number of imide groups is 1. The highest BCUT2D eigenvalue weighted by atomic mass is 32.2. The van der Waals surface area contributed by atoms with Gasteiger partial charge in [-0.25, -0.2) is 9.69 Å². The van der Waals surface area contributed by atoms with Gasteiger partial charge in [0, 0.05) is 10.6 Å². The van der Waals surface area contributed by atoms with Gasteiger partial charge in [-0.2, -0.15) is 0 Å². The highest BCUT2D eigenvalue weighted by molar-refractivity contribution is 8.04. The summed E-state index contributed by atoms with van der Waals surface area (Å²) in [5, 5.41) is 3.23. The van der Waals surface area contributed by atoms with Crippen molar-refractivity contribution in [3.8, 4) is 0 Å². The standard InChI is InChI=1S/C28H26N2O4S/c1-4-16-34-28(33)20-12-14-21(15-13-20)30-26(31)24(29-23-17-18(2)10-11-19(23)3)25(27(30)32)35-22-8-6-5-7-9-22/h5-15,17,29H,4,16H2,1-3H3. The van der Waals surface area contributed by atoms with Crippen molar-refractivity contribution in [3.63, 3.8) is 0 Å². The van der Waals surface area contributed by atoms with E-state index >= 15 is 0 Å². The molecule has 3 aromatic carbocycles. The van der Waals surface area contributed by atoms with Crippen LogP contribution in [0.3, 0.4) is 0 Å². The zero-order valence-electron chi connectivity index (χ0n) is 19.8. The molecule has 4 rings (SSSR count). The zero-order chi connectivity index (χ0) is 24.9. The molecule has 1 aliphatic rings. The second-order valence-corrected chi connectivity index (χ2v) is 9.27. The monoisotopic (exact) mass is 486 g/mol. The van der Waals surface area contributed by atoms with E-state index in [1.54, 1.807) is 24.3 Å². The van der Waals surface area contributed by atoms with Crippen LogP contribution in [0.1, 0.15) is 34.8 Å². The number of amides is 2. The fourth-order valence-electron chi connectivity index (χ4n) is 3.59. The molecule has 178 valence electrons. The Balaban J connectivity index is 1.68. The van der Waals surface area contributed by atoms with E-state index in [0.717, 1.165) is 33.0 Å². The lowest BCUT2D eigenvalue weighted by atomic mass is 10.1. The van der Waals surface area contributed by atoms with Crippen molar-refractivity contribution >= 4 is 40.9 Å². The number of nitrogens with zero attached hydrogens (tertiary/aromatic N) is 1. The van der Waals surface area contributed by atoms with Crippen LogP contribution in [-0.4, -0.2) is 24.4 Å². The Morgan fingerprint density at radius 2 is 1.66 bits per heavy atom. The minimum atomic E-state index is -0.448. The molecule has 1 N–H and O–H groups in total. The van der Waals surface area contributed by atoms with Crippen molar-refractivity contribution in [2.24, 2.45) is 0 Å². The minimum Gasteiger partial charge on any atom is -0.462 e. The summed E-state index contributed by atoms with van der Waals surface area (Å²) >= 11 is 1.25. The Morgan fingerprint density at radius 1 is 0.943 bits per heavy atom. The molecule has 0 fully saturated rings. The van der Waals surface area contributed by atoms with Gasteiger partial charge in [0.1, 0.15) is 10.6 Å². The van der Waals surface area contributed by atoms with Crippen molar-refractivity contribution < 1.29 is 19.1 Å². The number of carbonyl (C=O) groups is 3. The summed E-state index contributed by atoms with van der Waals surface area (Å²) < 4.78 is 5.16. The maximum absolute atomic E-state index is 13.6. The quantitative estimate of drug-likeness (QED) is 0.318. The van der Waals surface area contributed by atoms with Crippen LogP contribution >= 0.6 is 11.8 Å². The number of hydrogen-bond donors (Lipinski definition) is 1. The molecule has 0 bridgehead atoms. The third kappa shape index (κ3) is 5.30. The maximum Gasteiger partial charge on any atom is 0.338 e. The summed E-state index contributed by atoms with van der Waals surface area (Å²) in [6.07, 6.45) is 0.727. The van der Waals surface area contributed by atoms with Crippen molar-refractivity contribution in [1.82, 2.24) is 0 Å². The average Bonchev–Trinajstić information content (AvgIpc) is 3.09. The average molecular weight is 487 g/mol. The lowest BCUT2D eigenvalue weighted by Crippen LogP contribution is -2.32. The normalized spacial score (nSPS) is 13.4. The van der Waals surface area contributed by atoms with Crippen LogP contribution in [0.15, 0.2) is 88.3 Å². The molecule has 0 saturated carbocycles. The van der Waals surface area contributed by atoms with Crippen molar-refractivity contribution in [2.75, 3.05) is 16.8 Å². The molecule has 0 saturated heterocycles. The second kappa shape index (κ2) is 10.6. The van der Waals surface area contributed by atoms with Gasteiger partial charge in [0.15, 0.2) is 0 Å². The largest absolute Gasteiger partial charge is 0.462 e. The van der Waals surface area contributed by atoms with Gasteiger partial charge in [-0.15, -0.1) is 0 Å². The first-order chi connectivity index (χ1) is 16.9. The molecular weight excluding hydrogens is 460 g/mol. The number of anilines is 2. The molecule has 7 heteroatoms. The fourth-order valence-corrected chi connectivity index (χ4v) is 4.53. The maximum atomic E-state index is 13.6. The summed E-state index contributed by atoms with van der Waals surface area (Å²) in [6.45, 7) is 6.17. The predicted octanol–water partition coefficient (Wildman–Crippen LogP) is 5.86. The Bertz CT molecular complexity index is 1300. The summed E-state index contributed by atoms with van der Waals surface area (Å²) in [7, 11) is 0. The third-order valence-electron chi connectivity index (χ3n) is 5.46. The van der Waals surface area contributed by atoms with E-state index in [-0.39, 0.29) is 5.70 Å². The second-order valence-electron chi connectivity index (χ2n) is 8.19. The van der Waals surface area contributed by atoms with Gasteiger partial charge >= 0.3 is 5.97 Å². The first kappa shape index (κ1) is 24.3. The van der Waals surface area contributed by atoms with Crippen LogP contribution in [0.25, 0.3) is 0 Å². The molecule has 1 aliphatic heterocycles. The third-order valence-corrected chi connectivity index (χ3v) is 6.55. The van der Waals surface area contributed by atoms with E-state index < -0.39 is 17.8 Å². The van der Waals surface area contributed by atoms with E-state index in [0.29, 0.717) is 22.8 Å². The molecular formula is C28H26N2O4S. The number of aryl methyl sites for hydroxylation is 2. The van der Waals surface area contributed by atoms with E-state index in [4.69, 9.17) is 4.74 Å². The fraction of sp³-hybridized carbons (Fsp3) is 0.179. The number of rotatable bonds is 8. The number of nitrogens with one attached hydrogen (secondary N) is 1. The van der Waals surface area contributed by atoms with Gasteiger partial charge < -0.3 is 10.1 Å². The summed E-state index contributed by atoms with van der Waals surface area (Å²) in [5.74, 6) is -1.30. The number of ether oxygens (including phenoxy) is 1. The highest BCUT2D eigenvalue weighted by Crippen LogP contribution is 2.38. The van der Waals surface area contributed by atoms with Crippen LogP contribution in [0.4, 0.5) is 11.4 Å². The number of benzene rings is 3. The first-order valence-corrected chi connectivity index (χ1v) is 12.2. The van der Waals surface area contributed by atoms with Crippen LogP contribution < -0.4 is 10.2 Å². The molecule has 0 radical (unpaired) electrons. The number of carbonyl (C=O) groups excluding carboxylic acids is 3. The molecule has 0 spiro atoms. The molecule has 0 aromatic heterocycles. The summed E-state index contributed by atoms with van der Waals surface area (Å²) in [4.78, 5) is 41.5. The van der Waals surface area contributed by atoms with E-state index in [1.807, 2.05) is 69.3 Å². The van der Waals surface area contributed by atoms with Gasteiger partial charge in [0.05, 0.1) is 17.9 Å². The Hall–Kier alpha value is -3.84. The molecule has 0 atom stereocenters. The van der Waals surface area contributed by atoms with Crippen molar-refractivity contribution in [3.05, 3.63) is 100 Å². The van der Waals surface area contributed by atoms with Crippen molar-refractivity contribution in [2.45, 2.75) is 32.1 Å². The molecule has 3 aromatic rings. The number of esters is 1. The van der Waals surface area contributed by atoms with Gasteiger partial charge in [0.25, 0.3) is 11.8 Å². The number of thioether (sulfide) groups is 1. The molecule has 1 heterocycles. The van der Waals surface area contributed by atoms with Crippen LogP contribution in [-0.2, 0) is 14.3 Å². The molecule has 35 heavy (non-hydrogen) atoms. The molecule has 0 unspecified atom stereocenters. The van der Waals surface area contributed by atoms with Crippen LogP contribution in [0.2, 0.25) is 0 Å². The Morgan fingerprint density at radius 3 is 2.34 bits per heavy atom. The molecule has 0 aliphatic carbocycles. The summed E-state index contributed by atoms with van der Waals surface area (Å²) in [5.41, 5.74) is 3.74. The van der Waals surface area contributed by atoms with Crippen LogP contribution in [0, 0.1) is 13.8 Å². The van der Waals surface area contributed by atoms with Gasteiger partial charge in [-0.1, -0.05) is 49.0 Å². The van der Waals surface area contributed by atoms with Gasteiger partial charge in [0.2, 0.25) is 0 Å². The smallest absolute Gasteiger partial charge is 0.338 e. The topological polar surface area (TPSA) is 75.7 Å². The SMILES string of the molecule is CCCOC(=O)c1ccc(N2C(=O)C(Nc3cc(C)ccc3C)=C(Sc3ccccc3)C2=O)cc1. The van der Waals surface area contributed by atoms with Crippen LogP contribution in [0.5, 0.6) is 0 Å². The van der Waals surface area contributed by atoms with Gasteiger partial charge in [-0.05, 0) is 73.9 Å².